The zero-order valence-corrected chi connectivity index (χ0v) is 15.4. The van der Waals surface area contributed by atoms with Crippen LogP contribution in [0.1, 0.15) is 19.3 Å². The molecule has 0 saturated carbocycles. The van der Waals surface area contributed by atoms with Crippen LogP contribution in [-0.4, -0.2) is 38.4 Å². The molecular formula is C13H15Br2NO4S. The van der Waals surface area contributed by atoms with Gasteiger partial charge in [0.05, 0.1) is 12.0 Å². The molecule has 2 rings (SSSR count). The highest BCUT2D eigenvalue weighted by atomic mass is 79.9. The van der Waals surface area contributed by atoms with Crippen LogP contribution in [0.15, 0.2) is 32.0 Å². The Balaban J connectivity index is 2.45. The number of sulfonamides is 1. The highest BCUT2D eigenvalue weighted by molar-refractivity contribution is 9.11. The Hall–Kier alpha value is -0.440. The van der Waals surface area contributed by atoms with E-state index in [1.165, 1.54) is 17.5 Å². The molecule has 1 aliphatic rings. The molecular weight excluding hydrogens is 426 g/mol. The van der Waals surface area contributed by atoms with Crippen LogP contribution in [0.3, 0.4) is 0 Å². The van der Waals surface area contributed by atoms with Crippen LogP contribution in [0.4, 0.5) is 0 Å². The summed E-state index contributed by atoms with van der Waals surface area (Å²) in [7, 11) is -2.49. The molecule has 21 heavy (non-hydrogen) atoms. The lowest BCUT2D eigenvalue weighted by Crippen LogP contribution is -2.48. The highest BCUT2D eigenvalue weighted by Gasteiger charge is 2.39. The minimum absolute atomic E-state index is 0.146. The molecule has 1 aromatic rings. The summed E-state index contributed by atoms with van der Waals surface area (Å²) < 4.78 is 32.8. The number of nitrogens with zero attached hydrogens (tertiary/aromatic N) is 1. The van der Waals surface area contributed by atoms with Crippen molar-refractivity contribution in [2.45, 2.75) is 30.2 Å². The number of carbonyl (C=O) groups is 1. The van der Waals surface area contributed by atoms with Crippen LogP contribution in [0.25, 0.3) is 0 Å². The Kier molecular flexibility index (Phi) is 5.45. The molecule has 0 radical (unpaired) electrons. The first-order valence-corrected chi connectivity index (χ1v) is 9.45. The third kappa shape index (κ3) is 3.49. The number of methoxy groups -OCH3 is 1. The smallest absolute Gasteiger partial charge is 0.324 e. The lowest BCUT2D eigenvalue weighted by atomic mass is 10.1. The third-order valence-electron chi connectivity index (χ3n) is 3.41. The van der Waals surface area contributed by atoms with Crippen molar-refractivity contribution in [2.24, 2.45) is 0 Å². The minimum atomic E-state index is -3.76. The molecule has 0 bridgehead atoms. The maximum Gasteiger partial charge on any atom is 0.324 e. The lowest BCUT2D eigenvalue weighted by molar-refractivity contribution is -0.146. The SMILES string of the molecule is COC(=O)C1CCCCN1S(=O)(=O)c1cc(Br)ccc1Br. The number of esters is 1. The molecule has 5 nitrogen and oxygen atoms in total. The van der Waals surface area contributed by atoms with Crippen molar-refractivity contribution in [3.05, 3.63) is 27.1 Å². The van der Waals surface area contributed by atoms with E-state index in [0.717, 1.165) is 12.8 Å². The second-order valence-corrected chi connectivity index (χ2v) is 8.35. The van der Waals surface area contributed by atoms with E-state index < -0.39 is 22.0 Å². The molecule has 0 amide bonds. The Bertz CT molecular complexity index is 648. The molecule has 1 unspecified atom stereocenters. The Morgan fingerprint density at radius 1 is 1.33 bits per heavy atom. The van der Waals surface area contributed by atoms with Crippen molar-refractivity contribution in [1.29, 1.82) is 0 Å². The maximum absolute atomic E-state index is 12.9. The summed E-state index contributed by atoms with van der Waals surface area (Å²) in [5.74, 6) is -0.510. The summed E-state index contributed by atoms with van der Waals surface area (Å²) in [5, 5.41) is 0. The van der Waals surface area contributed by atoms with Gasteiger partial charge in [-0.2, -0.15) is 4.31 Å². The molecule has 0 aliphatic carbocycles. The van der Waals surface area contributed by atoms with Crippen LogP contribution >= 0.6 is 31.9 Å². The van der Waals surface area contributed by atoms with Gasteiger partial charge in [-0.25, -0.2) is 8.42 Å². The lowest BCUT2D eigenvalue weighted by Gasteiger charge is -2.32. The fraction of sp³-hybridized carbons (Fsp3) is 0.462. The van der Waals surface area contributed by atoms with E-state index >= 15 is 0 Å². The van der Waals surface area contributed by atoms with Gasteiger partial charge in [-0.05, 0) is 53.4 Å². The topological polar surface area (TPSA) is 63.7 Å². The van der Waals surface area contributed by atoms with Crippen LogP contribution in [0.5, 0.6) is 0 Å². The molecule has 116 valence electrons. The number of carbonyl (C=O) groups excluding carboxylic acids is 1. The van der Waals surface area contributed by atoms with Crippen molar-refractivity contribution < 1.29 is 17.9 Å². The van der Waals surface area contributed by atoms with E-state index in [-0.39, 0.29) is 4.90 Å². The van der Waals surface area contributed by atoms with Gasteiger partial charge in [-0.1, -0.05) is 15.9 Å². The molecule has 0 aromatic heterocycles. The van der Waals surface area contributed by atoms with Crippen molar-refractivity contribution in [3.63, 3.8) is 0 Å². The molecule has 1 aromatic carbocycles. The summed E-state index contributed by atoms with van der Waals surface area (Å²) >= 11 is 6.54. The first-order chi connectivity index (χ1) is 9.87. The van der Waals surface area contributed by atoms with Gasteiger partial charge in [0.1, 0.15) is 6.04 Å². The maximum atomic E-state index is 12.9. The van der Waals surface area contributed by atoms with Gasteiger partial charge in [-0.3, -0.25) is 4.79 Å². The standard InChI is InChI=1S/C13H15Br2NO4S/c1-20-13(17)11-4-2-3-7-16(11)21(18,19)12-8-9(14)5-6-10(12)15/h5-6,8,11H,2-4,7H2,1H3. The largest absolute Gasteiger partial charge is 0.468 e. The number of hydrogen-bond acceptors (Lipinski definition) is 4. The van der Waals surface area contributed by atoms with Crippen molar-refractivity contribution in [3.8, 4) is 0 Å². The summed E-state index contributed by atoms with van der Waals surface area (Å²) in [4.78, 5) is 12.0. The summed E-state index contributed by atoms with van der Waals surface area (Å²) in [6.45, 7) is 0.320. The molecule has 1 fully saturated rings. The first-order valence-electron chi connectivity index (χ1n) is 6.42. The minimum Gasteiger partial charge on any atom is -0.468 e. The van der Waals surface area contributed by atoms with Crippen LogP contribution in [-0.2, 0) is 19.6 Å². The molecule has 0 N–H and O–H groups in total. The van der Waals surface area contributed by atoms with Gasteiger partial charge in [0, 0.05) is 15.5 Å². The number of rotatable bonds is 3. The van der Waals surface area contributed by atoms with Gasteiger partial charge in [-0.15, -0.1) is 0 Å². The van der Waals surface area contributed by atoms with Crippen molar-refractivity contribution >= 4 is 47.9 Å². The quantitative estimate of drug-likeness (QED) is 0.678. The van der Waals surface area contributed by atoms with Crippen LogP contribution < -0.4 is 0 Å². The van der Waals surface area contributed by atoms with E-state index in [0.29, 0.717) is 21.9 Å². The number of ether oxygens (including phenoxy) is 1. The van der Waals surface area contributed by atoms with Gasteiger partial charge in [0.15, 0.2) is 0 Å². The summed E-state index contributed by atoms with van der Waals surface area (Å²) in [5.41, 5.74) is 0. The predicted molar refractivity (Wildman–Crippen MR) is 85.4 cm³/mol. The Labute approximate surface area is 141 Å². The van der Waals surface area contributed by atoms with Crippen LogP contribution in [0.2, 0.25) is 0 Å². The molecule has 1 heterocycles. The number of benzene rings is 1. The Morgan fingerprint density at radius 3 is 2.71 bits per heavy atom. The molecule has 1 aliphatic heterocycles. The van der Waals surface area contributed by atoms with Crippen molar-refractivity contribution in [1.82, 2.24) is 4.31 Å². The fourth-order valence-corrected chi connectivity index (χ4v) is 5.48. The Morgan fingerprint density at radius 2 is 2.05 bits per heavy atom. The normalized spacial score (nSPS) is 20.2. The van der Waals surface area contributed by atoms with Gasteiger partial charge in [0.2, 0.25) is 10.0 Å². The molecule has 1 saturated heterocycles. The molecule has 8 heteroatoms. The average Bonchev–Trinajstić information content (AvgIpc) is 2.48. The molecule has 1 atom stereocenters. The highest BCUT2D eigenvalue weighted by Crippen LogP contribution is 2.32. The average molecular weight is 441 g/mol. The fourth-order valence-electron chi connectivity index (χ4n) is 2.37. The molecule has 0 spiro atoms. The number of piperidine rings is 1. The monoisotopic (exact) mass is 439 g/mol. The predicted octanol–water partition coefficient (Wildman–Crippen LogP) is 2.93. The second kappa shape index (κ2) is 6.76. The van der Waals surface area contributed by atoms with Crippen molar-refractivity contribution in [2.75, 3.05) is 13.7 Å². The van der Waals surface area contributed by atoms with E-state index in [4.69, 9.17) is 4.74 Å². The van der Waals surface area contributed by atoms with E-state index in [1.54, 1.807) is 12.1 Å². The number of hydrogen-bond donors (Lipinski definition) is 0. The second-order valence-electron chi connectivity index (χ2n) is 4.73. The van der Waals surface area contributed by atoms with Crippen LogP contribution in [0, 0.1) is 0 Å². The third-order valence-corrected chi connectivity index (χ3v) is 6.80. The zero-order chi connectivity index (χ0) is 15.6. The van der Waals surface area contributed by atoms with E-state index in [1.807, 2.05) is 0 Å². The first kappa shape index (κ1) is 16.9. The zero-order valence-electron chi connectivity index (χ0n) is 11.4. The summed E-state index contributed by atoms with van der Waals surface area (Å²) in [6, 6.07) is 4.19. The van der Waals surface area contributed by atoms with E-state index in [2.05, 4.69) is 31.9 Å². The van der Waals surface area contributed by atoms with Gasteiger partial charge >= 0.3 is 5.97 Å². The number of halogens is 2. The van der Waals surface area contributed by atoms with Gasteiger partial charge in [0.25, 0.3) is 0 Å². The van der Waals surface area contributed by atoms with Gasteiger partial charge < -0.3 is 4.74 Å². The summed E-state index contributed by atoms with van der Waals surface area (Å²) in [6.07, 6.45) is 2.03. The van der Waals surface area contributed by atoms with E-state index in [9.17, 15) is 13.2 Å².